The maximum Gasteiger partial charge on any atom is 0.322 e. The Morgan fingerprint density at radius 2 is 1.96 bits per heavy atom. The standard InChI is InChI=1S/C22H27N3O2/c1-4-18-14-19(11-10-16(18)2)23-22(27)24(3)20-12-13-25(21(20)26)15-17-8-6-5-7-9-17/h5-11,14,20H,4,12-13,15H2,1-3H3,(H,23,27)/t20-/m0/s1. The van der Waals surface area contributed by atoms with Crippen molar-refractivity contribution in [3.05, 3.63) is 65.2 Å². The van der Waals surface area contributed by atoms with Crippen molar-refractivity contribution in [3.63, 3.8) is 0 Å². The molecule has 1 heterocycles. The molecule has 1 aliphatic rings. The smallest absolute Gasteiger partial charge is 0.322 e. The Bertz CT molecular complexity index is 820. The molecule has 0 bridgehead atoms. The number of hydrogen-bond donors (Lipinski definition) is 1. The first-order chi connectivity index (χ1) is 13.0. The second-order valence-electron chi connectivity index (χ2n) is 7.09. The average Bonchev–Trinajstić information content (AvgIpc) is 3.03. The fraction of sp³-hybridized carbons (Fsp3) is 0.364. The van der Waals surface area contributed by atoms with Gasteiger partial charge in [-0.15, -0.1) is 0 Å². The molecule has 1 fully saturated rings. The monoisotopic (exact) mass is 365 g/mol. The fourth-order valence-electron chi connectivity index (χ4n) is 3.53. The maximum atomic E-state index is 12.8. The van der Waals surface area contributed by atoms with Crippen LogP contribution in [0.25, 0.3) is 0 Å². The minimum atomic E-state index is -0.412. The van der Waals surface area contributed by atoms with Gasteiger partial charge >= 0.3 is 6.03 Å². The normalized spacial score (nSPS) is 16.5. The van der Waals surface area contributed by atoms with E-state index >= 15 is 0 Å². The van der Waals surface area contributed by atoms with Crippen molar-refractivity contribution in [1.82, 2.24) is 9.80 Å². The highest BCUT2D eigenvalue weighted by Gasteiger charge is 2.36. The number of hydrogen-bond acceptors (Lipinski definition) is 2. The van der Waals surface area contributed by atoms with E-state index in [1.807, 2.05) is 53.4 Å². The van der Waals surface area contributed by atoms with Crippen LogP contribution in [0.4, 0.5) is 10.5 Å². The van der Waals surface area contributed by atoms with Gasteiger partial charge in [-0.05, 0) is 48.6 Å². The van der Waals surface area contributed by atoms with Crippen LogP contribution in [0.5, 0.6) is 0 Å². The SMILES string of the molecule is CCc1cc(NC(=O)N(C)[C@H]2CCN(Cc3ccccc3)C2=O)ccc1C. The second-order valence-corrected chi connectivity index (χ2v) is 7.09. The predicted molar refractivity (Wildman–Crippen MR) is 108 cm³/mol. The summed E-state index contributed by atoms with van der Waals surface area (Å²) in [6, 6.07) is 15.2. The van der Waals surface area contributed by atoms with Gasteiger partial charge in [0.2, 0.25) is 5.91 Å². The molecule has 0 saturated carbocycles. The number of urea groups is 1. The number of nitrogens with one attached hydrogen (secondary N) is 1. The summed E-state index contributed by atoms with van der Waals surface area (Å²) < 4.78 is 0. The molecule has 27 heavy (non-hydrogen) atoms. The highest BCUT2D eigenvalue weighted by atomic mass is 16.2. The summed E-state index contributed by atoms with van der Waals surface area (Å²) in [6.45, 7) is 5.41. The van der Waals surface area contributed by atoms with Gasteiger partial charge in [0.05, 0.1) is 0 Å². The Balaban J connectivity index is 1.62. The van der Waals surface area contributed by atoms with Crippen LogP contribution in [0.2, 0.25) is 0 Å². The van der Waals surface area contributed by atoms with E-state index in [0.29, 0.717) is 19.5 Å². The van der Waals surface area contributed by atoms with Crippen molar-refractivity contribution in [2.45, 2.75) is 39.3 Å². The highest BCUT2D eigenvalue weighted by molar-refractivity contribution is 5.94. The van der Waals surface area contributed by atoms with Gasteiger partial charge < -0.3 is 15.1 Å². The number of benzene rings is 2. The van der Waals surface area contributed by atoms with E-state index in [2.05, 4.69) is 19.2 Å². The first-order valence-electron chi connectivity index (χ1n) is 9.45. The molecule has 5 nitrogen and oxygen atoms in total. The average molecular weight is 365 g/mol. The lowest BCUT2D eigenvalue weighted by Crippen LogP contribution is -2.44. The van der Waals surface area contributed by atoms with Gasteiger partial charge in [0, 0.05) is 25.8 Å². The molecule has 3 amide bonds. The van der Waals surface area contributed by atoms with E-state index in [0.717, 1.165) is 17.7 Å². The predicted octanol–water partition coefficient (Wildman–Crippen LogP) is 3.82. The molecule has 1 aliphatic heterocycles. The summed E-state index contributed by atoms with van der Waals surface area (Å²) >= 11 is 0. The summed E-state index contributed by atoms with van der Waals surface area (Å²) in [5.74, 6) is 0.00894. The first kappa shape index (κ1) is 19.0. The lowest BCUT2D eigenvalue weighted by atomic mass is 10.1. The van der Waals surface area contributed by atoms with E-state index < -0.39 is 6.04 Å². The lowest BCUT2D eigenvalue weighted by Gasteiger charge is -2.24. The minimum Gasteiger partial charge on any atom is -0.336 e. The van der Waals surface area contributed by atoms with Crippen LogP contribution in [0.3, 0.4) is 0 Å². The van der Waals surface area contributed by atoms with Gasteiger partial charge in [0.15, 0.2) is 0 Å². The van der Waals surface area contributed by atoms with Crippen molar-refractivity contribution >= 4 is 17.6 Å². The van der Waals surface area contributed by atoms with E-state index in [9.17, 15) is 9.59 Å². The first-order valence-corrected chi connectivity index (χ1v) is 9.45. The summed E-state index contributed by atoms with van der Waals surface area (Å²) in [7, 11) is 1.69. The van der Waals surface area contributed by atoms with Crippen LogP contribution in [0.1, 0.15) is 30.0 Å². The number of amides is 3. The second kappa shape index (κ2) is 8.25. The van der Waals surface area contributed by atoms with Crippen LogP contribution < -0.4 is 5.32 Å². The van der Waals surface area contributed by atoms with Crippen LogP contribution in [-0.2, 0) is 17.8 Å². The molecule has 0 spiro atoms. The number of carbonyl (C=O) groups excluding carboxylic acids is 2. The van der Waals surface area contributed by atoms with Gasteiger partial charge in [-0.25, -0.2) is 4.79 Å². The number of likely N-dealkylation sites (N-methyl/N-ethyl adjacent to an activating group) is 1. The largest absolute Gasteiger partial charge is 0.336 e. The Morgan fingerprint density at radius 3 is 2.67 bits per heavy atom. The molecule has 0 aromatic heterocycles. The van der Waals surface area contributed by atoms with Crippen LogP contribution >= 0.6 is 0 Å². The molecule has 1 saturated heterocycles. The molecule has 1 N–H and O–H groups in total. The van der Waals surface area contributed by atoms with Crippen LogP contribution in [0, 0.1) is 6.92 Å². The minimum absolute atomic E-state index is 0.00894. The summed E-state index contributed by atoms with van der Waals surface area (Å²) in [4.78, 5) is 28.7. The van der Waals surface area contributed by atoms with E-state index in [-0.39, 0.29) is 11.9 Å². The highest BCUT2D eigenvalue weighted by Crippen LogP contribution is 2.21. The number of likely N-dealkylation sites (tertiary alicyclic amines) is 1. The molecule has 0 unspecified atom stereocenters. The van der Waals surface area contributed by atoms with Crippen LogP contribution in [-0.4, -0.2) is 41.4 Å². The number of aryl methyl sites for hydroxylation is 2. The molecule has 0 radical (unpaired) electrons. The van der Waals surface area contributed by atoms with Crippen molar-refractivity contribution in [3.8, 4) is 0 Å². The molecule has 1 atom stereocenters. The Kier molecular flexibility index (Phi) is 5.79. The number of anilines is 1. The number of carbonyl (C=O) groups is 2. The molecule has 2 aromatic carbocycles. The van der Waals surface area contributed by atoms with Gasteiger partial charge in [0.1, 0.15) is 6.04 Å². The zero-order chi connectivity index (χ0) is 19.4. The van der Waals surface area contributed by atoms with Crippen molar-refractivity contribution in [1.29, 1.82) is 0 Å². The Labute approximate surface area is 161 Å². The maximum absolute atomic E-state index is 12.8. The molecule has 2 aromatic rings. The van der Waals surface area contributed by atoms with Crippen molar-refractivity contribution < 1.29 is 9.59 Å². The van der Waals surface area contributed by atoms with Crippen molar-refractivity contribution in [2.24, 2.45) is 0 Å². The van der Waals surface area contributed by atoms with E-state index in [1.54, 1.807) is 7.05 Å². The summed E-state index contributed by atoms with van der Waals surface area (Å²) in [6.07, 6.45) is 1.57. The summed E-state index contributed by atoms with van der Waals surface area (Å²) in [5, 5.41) is 2.92. The zero-order valence-electron chi connectivity index (χ0n) is 16.2. The van der Waals surface area contributed by atoms with Crippen LogP contribution in [0.15, 0.2) is 48.5 Å². The molecule has 5 heteroatoms. The van der Waals surface area contributed by atoms with Gasteiger partial charge in [-0.3, -0.25) is 4.79 Å². The van der Waals surface area contributed by atoms with Crippen molar-refractivity contribution in [2.75, 3.05) is 18.9 Å². The third kappa shape index (κ3) is 4.30. The van der Waals surface area contributed by atoms with E-state index in [4.69, 9.17) is 0 Å². The summed E-state index contributed by atoms with van der Waals surface area (Å²) in [5.41, 5.74) is 4.29. The topological polar surface area (TPSA) is 52.7 Å². The Hall–Kier alpha value is -2.82. The molecule has 142 valence electrons. The Morgan fingerprint density at radius 1 is 1.22 bits per heavy atom. The van der Waals surface area contributed by atoms with Gasteiger partial charge in [-0.1, -0.05) is 43.3 Å². The lowest BCUT2D eigenvalue weighted by molar-refractivity contribution is -0.131. The molecule has 0 aliphatic carbocycles. The van der Waals surface area contributed by atoms with Gasteiger partial charge in [-0.2, -0.15) is 0 Å². The van der Waals surface area contributed by atoms with E-state index in [1.165, 1.54) is 16.0 Å². The molecule has 3 rings (SSSR count). The third-order valence-corrected chi connectivity index (χ3v) is 5.25. The number of rotatable bonds is 5. The molecular formula is C22H27N3O2. The zero-order valence-corrected chi connectivity index (χ0v) is 16.2. The third-order valence-electron chi connectivity index (χ3n) is 5.25. The number of nitrogens with zero attached hydrogens (tertiary/aromatic N) is 2. The molecular weight excluding hydrogens is 338 g/mol. The quantitative estimate of drug-likeness (QED) is 0.876. The van der Waals surface area contributed by atoms with Gasteiger partial charge in [0.25, 0.3) is 0 Å². The fourth-order valence-corrected chi connectivity index (χ4v) is 3.53.